The van der Waals surface area contributed by atoms with Crippen LogP contribution in [0.2, 0.25) is 5.02 Å². The van der Waals surface area contributed by atoms with E-state index in [1.807, 2.05) is 41.3 Å². The van der Waals surface area contributed by atoms with Crippen molar-refractivity contribution < 1.29 is 13.9 Å². The van der Waals surface area contributed by atoms with Crippen molar-refractivity contribution in [3.05, 3.63) is 94.8 Å². The molecule has 0 saturated carbocycles. The Morgan fingerprint density at radius 1 is 1.06 bits per heavy atom. The first kappa shape index (κ1) is 22.3. The van der Waals surface area contributed by atoms with E-state index in [9.17, 15) is 9.18 Å². The number of hydrogen-bond acceptors (Lipinski definition) is 3. The van der Waals surface area contributed by atoms with E-state index in [2.05, 4.69) is 4.90 Å². The largest absolute Gasteiger partial charge is 0.497 e. The van der Waals surface area contributed by atoms with Crippen molar-refractivity contribution in [1.29, 1.82) is 0 Å². The SMILES string of the molecule is COc1cccc(N(C(=O)c2cccc(Cl)c2)C2CCN(Cc3ccccc3F)CC2)c1. The number of nitrogens with zero attached hydrogens (tertiary/aromatic N) is 2. The zero-order chi connectivity index (χ0) is 22.5. The Morgan fingerprint density at radius 2 is 1.81 bits per heavy atom. The molecule has 32 heavy (non-hydrogen) atoms. The third-order valence-electron chi connectivity index (χ3n) is 5.90. The summed E-state index contributed by atoms with van der Waals surface area (Å²) in [5.41, 5.74) is 2.04. The Morgan fingerprint density at radius 3 is 2.53 bits per heavy atom. The molecule has 1 fully saturated rings. The van der Waals surface area contributed by atoms with Crippen LogP contribution in [0.5, 0.6) is 5.75 Å². The van der Waals surface area contributed by atoms with Gasteiger partial charge in [0.2, 0.25) is 0 Å². The van der Waals surface area contributed by atoms with Gasteiger partial charge < -0.3 is 9.64 Å². The molecule has 0 unspecified atom stereocenters. The van der Waals surface area contributed by atoms with E-state index >= 15 is 0 Å². The molecule has 1 aliphatic rings. The van der Waals surface area contributed by atoms with Crippen LogP contribution in [0.3, 0.4) is 0 Å². The summed E-state index contributed by atoms with van der Waals surface area (Å²) in [6, 6.07) is 21.5. The van der Waals surface area contributed by atoms with Gasteiger partial charge in [-0.2, -0.15) is 0 Å². The van der Waals surface area contributed by atoms with Gasteiger partial charge in [-0.1, -0.05) is 41.9 Å². The van der Waals surface area contributed by atoms with E-state index in [0.717, 1.165) is 31.6 Å². The number of piperidine rings is 1. The number of anilines is 1. The predicted molar refractivity (Wildman–Crippen MR) is 126 cm³/mol. The Bertz CT molecular complexity index is 1080. The Balaban J connectivity index is 1.55. The predicted octanol–water partition coefficient (Wildman–Crippen LogP) is 5.80. The summed E-state index contributed by atoms with van der Waals surface area (Å²) in [4.78, 5) is 17.7. The third-order valence-corrected chi connectivity index (χ3v) is 6.13. The van der Waals surface area contributed by atoms with Crippen LogP contribution in [0, 0.1) is 5.82 Å². The number of carbonyl (C=O) groups excluding carboxylic acids is 1. The first-order valence-corrected chi connectivity index (χ1v) is 11.1. The Kier molecular flexibility index (Phi) is 7.08. The van der Waals surface area contributed by atoms with Crippen LogP contribution in [0.4, 0.5) is 10.1 Å². The van der Waals surface area contributed by atoms with Crippen LogP contribution >= 0.6 is 11.6 Å². The molecule has 0 spiro atoms. The van der Waals surface area contributed by atoms with Crippen LogP contribution in [-0.4, -0.2) is 37.0 Å². The zero-order valence-electron chi connectivity index (χ0n) is 18.0. The summed E-state index contributed by atoms with van der Waals surface area (Å²) in [6.07, 6.45) is 1.58. The summed E-state index contributed by atoms with van der Waals surface area (Å²) in [7, 11) is 1.61. The maximum atomic E-state index is 14.1. The average molecular weight is 453 g/mol. The normalized spacial score (nSPS) is 14.8. The molecule has 1 aliphatic heterocycles. The van der Waals surface area contributed by atoms with E-state index in [1.165, 1.54) is 6.07 Å². The number of halogens is 2. The molecule has 3 aromatic carbocycles. The van der Waals surface area contributed by atoms with E-state index in [0.29, 0.717) is 28.4 Å². The fraction of sp³-hybridized carbons (Fsp3) is 0.269. The van der Waals surface area contributed by atoms with Crippen molar-refractivity contribution in [3.63, 3.8) is 0 Å². The standard InChI is InChI=1S/C26H26ClFN2O2/c1-32-24-10-5-9-23(17-24)30(26(31)19-7-4-8-21(27)16-19)22-12-14-29(15-13-22)18-20-6-2-3-11-25(20)28/h2-11,16-17,22H,12-15,18H2,1H3. The molecule has 166 valence electrons. The number of ether oxygens (including phenoxy) is 1. The molecule has 0 aliphatic carbocycles. The van der Waals surface area contributed by atoms with Crippen LogP contribution in [0.15, 0.2) is 72.8 Å². The molecule has 6 heteroatoms. The zero-order valence-corrected chi connectivity index (χ0v) is 18.8. The van der Waals surface area contributed by atoms with Crippen molar-refractivity contribution in [1.82, 2.24) is 4.90 Å². The highest BCUT2D eigenvalue weighted by Crippen LogP contribution is 2.29. The molecule has 4 rings (SSSR count). The molecule has 1 amide bonds. The van der Waals surface area contributed by atoms with E-state index in [1.54, 1.807) is 37.4 Å². The van der Waals surface area contributed by atoms with Gasteiger partial charge in [-0.25, -0.2) is 4.39 Å². The number of methoxy groups -OCH3 is 1. The van der Waals surface area contributed by atoms with Crippen molar-refractivity contribution in [3.8, 4) is 5.75 Å². The van der Waals surface area contributed by atoms with Crippen LogP contribution in [0.25, 0.3) is 0 Å². The molecule has 1 saturated heterocycles. The van der Waals surface area contributed by atoms with Crippen molar-refractivity contribution in [2.75, 3.05) is 25.1 Å². The summed E-state index contributed by atoms with van der Waals surface area (Å²) in [5.74, 6) is 0.431. The van der Waals surface area contributed by atoms with E-state index in [4.69, 9.17) is 16.3 Å². The van der Waals surface area contributed by atoms with E-state index < -0.39 is 0 Å². The van der Waals surface area contributed by atoms with Crippen LogP contribution in [-0.2, 0) is 6.54 Å². The van der Waals surface area contributed by atoms with E-state index in [-0.39, 0.29) is 17.8 Å². The highest BCUT2D eigenvalue weighted by atomic mass is 35.5. The van der Waals surface area contributed by atoms with Gasteiger partial charge in [0.1, 0.15) is 11.6 Å². The molecule has 0 bridgehead atoms. The maximum Gasteiger partial charge on any atom is 0.258 e. The Labute approximate surface area is 193 Å². The lowest BCUT2D eigenvalue weighted by atomic mass is 10.00. The molecule has 0 radical (unpaired) electrons. The summed E-state index contributed by atoms with van der Waals surface area (Å²) in [6.45, 7) is 2.13. The van der Waals surface area contributed by atoms with Crippen molar-refractivity contribution in [2.24, 2.45) is 0 Å². The number of hydrogen-bond donors (Lipinski definition) is 0. The minimum Gasteiger partial charge on any atom is -0.497 e. The first-order valence-electron chi connectivity index (χ1n) is 10.7. The molecule has 1 heterocycles. The van der Waals surface area contributed by atoms with Gasteiger partial charge in [0.05, 0.1) is 7.11 Å². The van der Waals surface area contributed by atoms with Gasteiger partial charge in [0, 0.05) is 53.6 Å². The summed E-state index contributed by atoms with van der Waals surface area (Å²) < 4.78 is 19.5. The summed E-state index contributed by atoms with van der Waals surface area (Å²) in [5, 5.41) is 0.529. The van der Waals surface area contributed by atoms with Gasteiger partial charge >= 0.3 is 0 Å². The lowest BCUT2D eigenvalue weighted by molar-refractivity contribution is 0.0958. The minimum absolute atomic E-state index is 0.0189. The lowest BCUT2D eigenvalue weighted by Gasteiger charge is -2.39. The molecule has 0 N–H and O–H groups in total. The summed E-state index contributed by atoms with van der Waals surface area (Å²) >= 11 is 6.15. The molecule has 0 atom stereocenters. The minimum atomic E-state index is -0.177. The molecular formula is C26H26ClFN2O2. The first-order chi connectivity index (χ1) is 15.5. The topological polar surface area (TPSA) is 32.8 Å². The van der Waals surface area contributed by atoms with Gasteiger partial charge in [0.15, 0.2) is 0 Å². The molecule has 3 aromatic rings. The fourth-order valence-corrected chi connectivity index (χ4v) is 4.41. The van der Waals surface area contributed by atoms with Gasteiger partial charge in [-0.3, -0.25) is 9.69 Å². The second-order valence-corrected chi connectivity index (χ2v) is 8.42. The molecule has 0 aromatic heterocycles. The fourth-order valence-electron chi connectivity index (χ4n) is 4.22. The molecule has 4 nitrogen and oxygen atoms in total. The quantitative estimate of drug-likeness (QED) is 0.474. The number of amides is 1. The number of rotatable bonds is 6. The lowest BCUT2D eigenvalue weighted by Crippen LogP contribution is -2.47. The van der Waals surface area contributed by atoms with Gasteiger partial charge in [-0.15, -0.1) is 0 Å². The monoisotopic (exact) mass is 452 g/mol. The second kappa shape index (κ2) is 10.2. The highest BCUT2D eigenvalue weighted by Gasteiger charge is 2.30. The van der Waals surface area contributed by atoms with Crippen molar-refractivity contribution >= 4 is 23.2 Å². The molecular weight excluding hydrogens is 427 g/mol. The smallest absolute Gasteiger partial charge is 0.258 e. The number of carbonyl (C=O) groups is 1. The van der Waals surface area contributed by atoms with Crippen LogP contribution < -0.4 is 9.64 Å². The average Bonchev–Trinajstić information content (AvgIpc) is 2.82. The van der Waals surface area contributed by atoms with Gasteiger partial charge in [0.25, 0.3) is 5.91 Å². The van der Waals surface area contributed by atoms with Crippen molar-refractivity contribution in [2.45, 2.75) is 25.4 Å². The Hall–Kier alpha value is -2.89. The number of benzene rings is 3. The van der Waals surface area contributed by atoms with Crippen LogP contribution in [0.1, 0.15) is 28.8 Å². The highest BCUT2D eigenvalue weighted by molar-refractivity contribution is 6.31. The maximum absolute atomic E-state index is 14.1. The second-order valence-electron chi connectivity index (χ2n) is 7.99. The third kappa shape index (κ3) is 5.12. The van der Waals surface area contributed by atoms with Gasteiger partial charge in [-0.05, 0) is 49.2 Å². The number of likely N-dealkylation sites (tertiary alicyclic amines) is 1.